The van der Waals surface area contributed by atoms with Gasteiger partial charge < -0.3 is 0 Å². The van der Waals surface area contributed by atoms with E-state index in [0.717, 1.165) is 13.1 Å². The van der Waals surface area contributed by atoms with Crippen molar-refractivity contribution in [3.63, 3.8) is 0 Å². The molecule has 0 amide bonds. The van der Waals surface area contributed by atoms with Crippen LogP contribution in [0.4, 0.5) is 0 Å². The van der Waals surface area contributed by atoms with Crippen LogP contribution >= 0.6 is 0 Å². The average molecular weight is 345 g/mol. The minimum absolute atomic E-state index is 1.07. The van der Waals surface area contributed by atoms with Crippen molar-refractivity contribution in [3.8, 4) is 0 Å². The molecule has 0 radical (unpaired) electrons. The maximum Gasteiger partial charge on any atom is 0.0233 e. The highest BCUT2D eigenvalue weighted by molar-refractivity contribution is 5.82. The zero-order valence-electron chi connectivity index (χ0n) is 15.5. The summed E-state index contributed by atoms with van der Waals surface area (Å²) in [5.41, 5.74) is 2.87. The number of nitrogens with zero attached hydrogens (tertiary/aromatic N) is 2. The van der Waals surface area contributed by atoms with Crippen molar-refractivity contribution in [3.05, 3.63) is 83.9 Å². The molecule has 0 spiro atoms. The molecule has 1 heterocycles. The van der Waals surface area contributed by atoms with E-state index in [2.05, 4.69) is 82.6 Å². The molecule has 1 aliphatic rings. The van der Waals surface area contributed by atoms with Crippen LogP contribution in [0, 0.1) is 0 Å². The lowest BCUT2D eigenvalue weighted by Crippen LogP contribution is -2.36. The predicted molar refractivity (Wildman–Crippen MR) is 110 cm³/mol. The van der Waals surface area contributed by atoms with Crippen LogP contribution in [0.15, 0.2) is 72.8 Å². The van der Waals surface area contributed by atoms with E-state index in [0.29, 0.717) is 0 Å². The van der Waals surface area contributed by atoms with E-state index in [4.69, 9.17) is 0 Å². The normalized spacial score (nSPS) is 17.1. The average Bonchev–Trinajstić information content (AvgIpc) is 2.66. The SMILES string of the molecule is c1ccc(CN2CCCN(Cc3ccc4ccccc4c3)CCC2)cc1. The van der Waals surface area contributed by atoms with Crippen LogP contribution < -0.4 is 0 Å². The molecule has 134 valence electrons. The standard InChI is InChI=1S/C24H28N2/c1-2-8-21(9-3-1)19-25-14-6-16-26(17-7-15-25)20-22-12-13-23-10-4-5-11-24(23)18-22/h1-5,8-13,18H,6-7,14-17,19-20H2. The lowest BCUT2D eigenvalue weighted by Gasteiger charge is -2.30. The van der Waals surface area contributed by atoms with E-state index in [1.165, 1.54) is 60.9 Å². The van der Waals surface area contributed by atoms with Gasteiger partial charge in [-0.1, -0.05) is 66.7 Å². The topological polar surface area (TPSA) is 6.48 Å². The van der Waals surface area contributed by atoms with Crippen molar-refractivity contribution < 1.29 is 0 Å². The third kappa shape index (κ3) is 4.51. The van der Waals surface area contributed by atoms with Gasteiger partial charge in [0.1, 0.15) is 0 Å². The van der Waals surface area contributed by atoms with Gasteiger partial charge in [0.05, 0.1) is 0 Å². The highest BCUT2D eigenvalue weighted by Crippen LogP contribution is 2.18. The maximum absolute atomic E-state index is 2.63. The lowest BCUT2D eigenvalue weighted by atomic mass is 10.1. The molecule has 1 fully saturated rings. The molecule has 4 rings (SSSR count). The quantitative estimate of drug-likeness (QED) is 0.661. The summed E-state index contributed by atoms with van der Waals surface area (Å²) < 4.78 is 0. The molecule has 0 saturated carbocycles. The smallest absolute Gasteiger partial charge is 0.0233 e. The van der Waals surface area contributed by atoms with Gasteiger partial charge in [0.15, 0.2) is 0 Å². The summed E-state index contributed by atoms with van der Waals surface area (Å²) in [4.78, 5) is 5.24. The Hall–Kier alpha value is -2.16. The van der Waals surface area contributed by atoms with Crippen molar-refractivity contribution in [1.82, 2.24) is 9.80 Å². The van der Waals surface area contributed by atoms with Gasteiger partial charge in [0, 0.05) is 13.1 Å². The van der Waals surface area contributed by atoms with Crippen LogP contribution in [0.2, 0.25) is 0 Å². The fourth-order valence-electron chi connectivity index (χ4n) is 4.01. The van der Waals surface area contributed by atoms with Crippen molar-refractivity contribution in [1.29, 1.82) is 0 Å². The summed E-state index contributed by atoms with van der Waals surface area (Å²) in [6.07, 6.45) is 2.50. The third-order valence-electron chi connectivity index (χ3n) is 5.37. The van der Waals surface area contributed by atoms with Crippen LogP contribution in [-0.4, -0.2) is 36.0 Å². The van der Waals surface area contributed by atoms with Crippen molar-refractivity contribution in [2.24, 2.45) is 0 Å². The van der Waals surface area contributed by atoms with Gasteiger partial charge in [-0.3, -0.25) is 9.80 Å². The minimum Gasteiger partial charge on any atom is -0.299 e. The summed E-state index contributed by atoms with van der Waals surface area (Å²) >= 11 is 0. The van der Waals surface area contributed by atoms with Gasteiger partial charge in [-0.2, -0.15) is 0 Å². The van der Waals surface area contributed by atoms with Crippen molar-refractivity contribution >= 4 is 10.8 Å². The molecule has 0 bridgehead atoms. The van der Waals surface area contributed by atoms with E-state index in [1.807, 2.05) is 0 Å². The zero-order chi connectivity index (χ0) is 17.6. The van der Waals surface area contributed by atoms with Crippen LogP contribution in [0.3, 0.4) is 0 Å². The number of fused-ring (bicyclic) bond motifs is 1. The molecule has 0 aromatic heterocycles. The van der Waals surface area contributed by atoms with E-state index < -0.39 is 0 Å². The van der Waals surface area contributed by atoms with E-state index in [1.54, 1.807) is 0 Å². The Morgan fingerprint density at radius 1 is 0.538 bits per heavy atom. The van der Waals surface area contributed by atoms with Crippen molar-refractivity contribution in [2.75, 3.05) is 26.2 Å². The molecular weight excluding hydrogens is 316 g/mol. The first-order valence-corrected chi connectivity index (χ1v) is 9.83. The minimum atomic E-state index is 1.07. The van der Waals surface area contributed by atoms with Gasteiger partial charge in [0.25, 0.3) is 0 Å². The lowest BCUT2D eigenvalue weighted by molar-refractivity contribution is 0.172. The second-order valence-electron chi connectivity index (χ2n) is 7.43. The fourth-order valence-corrected chi connectivity index (χ4v) is 4.01. The fraction of sp³-hybridized carbons (Fsp3) is 0.333. The molecule has 0 unspecified atom stereocenters. The van der Waals surface area contributed by atoms with Crippen LogP contribution in [0.5, 0.6) is 0 Å². The first kappa shape index (κ1) is 17.3. The van der Waals surface area contributed by atoms with E-state index >= 15 is 0 Å². The number of benzene rings is 3. The second kappa shape index (κ2) is 8.48. The molecule has 26 heavy (non-hydrogen) atoms. The van der Waals surface area contributed by atoms with Crippen LogP contribution in [0.25, 0.3) is 10.8 Å². The zero-order valence-corrected chi connectivity index (χ0v) is 15.5. The Kier molecular flexibility index (Phi) is 5.63. The van der Waals surface area contributed by atoms with Gasteiger partial charge in [0.2, 0.25) is 0 Å². The van der Waals surface area contributed by atoms with Crippen LogP contribution in [-0.2, 0) is 13.1 Å². The Balaban J connectivity index is 1.32. The predicted octanol–water partition coefficient (Wildman–Crippen LogP) is 4.94. The highest BCUT2D eigenvalue weighted by Gasteiger charge is 2.13. The van der Waals surface area contributed by atoms with Crippen LogP contribution in [0.1, 0.15) is 24.0 Å². The number of rotatable bonds is 4. The first-order chi connectivity index (χ1) is 12.9. The molecule has 2 nitrogen and oxygen atoms in total. The molecule has 0 N–H and O–H groups in total. The van der Waals surface area contributed by atoms with Gasteiger partial charge in [-0.25, -0.2) is 0 Å². The monoisotopic (exact) mass is 344 g/mol. The largest absolute Gasteiger partial charge is 0.299 e. The Labute approximate surface area is 157 Å². The molecule has 1 aliphatic heterocycles. The molecule has 2 heteroatoms. The Morgan fingerprint density at radius 3 is 1.81 bits per heavy atom. The molecule has 3 aromatic rings. The van der Waals surface area contributed by atoms with Gasteiger partial charge in [-0.15, -0.1) is 0 Å². The summed E-state index contributed by atoms with van der Waals surface area (Å²) in [6.45, 7) is 6.94. The molecular formula is C24H28N2. The Bertz CT molecular complexity index is 818. The third-order valence-corrected chi connectivity index (χ3v) is 5.37. The van der Waals surface area contributed by atoms with Gasteiger partial charge >= 0.3 is 0 Å². The first-order valence-electron chi connectivity index (χ1n) is 9.83. The number of hydrogen-bond donors (Lipinski definition) is 0. The summed E-state index contributed by atoms with van der Waals surface area (Å²) in [6, 6.07) is 26.4. The molecule has 0 aliphatic carbocycles. The van der Waals surface area contributed by atoms with E-state index in [-0.39, 0.29) is 0 Å². The highest BCUT2D eigenvalue weighted by atomic mass is 15.2. The second-order valence-corrected chi connectivity index (χ2v) is 7.43. The molecule has 1 saturated heterocycles. The molecule has 0 atom stereocenters. The summed E-state index contributed by atoms with van der Waals surface area (Å²) in [7, 11) is 0. The van der Waals surface area contributed by atoms with Gasteiger partial charge in [-0.05, 0) is 67.0 Å². The van der Waals surface area contributed by atoms with E-state index in [9.17, 15) is 0 Å². The van der Waals surface area contributed by atoms with Crippen molar-refractivity contribution in [2.45, 2.75) is 25.9 Å². The molecule has 3 aromatic carbocycles. The number of hydrogen-bond acceptors (Lipinski definition) is 2. The Morgan fingerprint density at radius 2 is 1.12 bits per heavy atom. The summed E-state index contributed by atoms with van der Waals surface area (Å²) in [5.74, 6) is 0. The summed E-state index contributed by atoms with van der Waals surface area (Å²) in [5, 5.41) is 2.69. The maximum atomic E-state index is 2.63.